The minimum absolute atomic E-state index is 0.475. The van der Waals surface area contributed by atoms with Gasteiger partial charge in [0.25, 0.3) is 0 Å². The molecule has 2 nitrogen and oxygen atoms in total. The quantitative estimate of drug-likeness (QED) is 0.673. The third kappa shape index (κ3) is 2.08. The molecule has 2 atom stereocenters. The molecule has 0 N–H and O–H groups in total. The average Bonchev–Trinajstić information content (AvgIpc) is 2.46. The summed E-state index contributed by atoms with van der Waals surface area (Å²) in [7, 11) is 0. The fourth-order valence-corrected chi connectivity index (χ4v) is 3.54. The second-order valence-electron chi connectivity index (χ2n) is 3.95. The summed E-state index contributed by atoms with van der Waals surface area (Å²) in [5.74, 6) is 1.68. The molecule has 0 unspecified atom stereocenters. The van der Waals surface area contributed by atoms with Crippen molar-refractivity contribution in [1.82, 2.24) is 4.90 Å². The van der Waals surface area contributed by atoms with Gasteiger partial charge in [0.2, 0.25) is 0 Å². The topological polar surface area (TPSA) is 20.3 Å². The van der Waals surface area contributed by atoms with E-state index in [-0.39, 0.29) is 0 Å². The maximum Gasteiger partial charge on any atom is 0.135 e. The normalized spacial score (nSPS) is 35.0. The fraction of sp³-hybridized carbons (Fsp3) is 0.900. The maximum atomic E-state index is 11.2. The van der Waals surface area contributed by atoms with Gasteiger partial charge < -0.3 is 0 Å². The highest BCUT2D eigenvalue weighted by Gasteiger charge is 2.35. The van der Waals surface area contributed by atoms with Crippen molar-refractivity contribution in [2.24, 2.45) is 0 Å². The molecule has 2 fully saturated rings. The Hall–Kier alpha value is -0.0200. The number of fused-ring (bicyclic) bond motifs is 1. The Kier molecular flexibility index (Phi) is 2.94. The first-order chi connectivity index (χ1) is 6.29. The molecule has 2 saturated heterocycles. The van der Waals surface area contributed by atoms with Crippen molar-refractivity contribution in [1.29, 1.82) is 0 Å². The van der Waals surface area contributed by atoms with Crippen LogP contribution in [-0.2, 0) is 4.79 Å². The van der Waals surface area contributed by atoms with Crippen LogP contribution in [0.4, 0.5) is 0 Å². The molecule has 0 aromatic rings. The van der Waals surface area contributed by atoms with Crippen molar-refractivity contribution in [3.63, 3.8) is 0 Å². The molecule has 0 aromatic carbocycles. The van der Waals surface area contributed by atoms with Crippen LogP contribution in [0.2, 0.25) is 0 Å². The van der Waals surface area contributed by atoms with Gasteiger partial charge in [0.05, 0.1) is 0 Å². The monoisotopic (exact) mass is 199 g/mol. The Morgan fingerprint density at radius 1 is 1.62 bits per heavy atom. The van der Waals surface area contributed by atoms with Crippen molar-refractivity contribution in [3.8, 4) is 0 Å². The zero-order valence-corrected chi connectivity index (χ0v) is 8.98. The van der Waals surface area contributed by atoms with Crippen LogP contribution in [0.5, 0.6) is 0 Å². The van der Waals surface area contributed by atoms with Crippen LogP contribution in [0, 0.1) is 0 Å². The minimum Gasteiger partial charge on any atom is -0.300 e. The van der Waals surface area contributed by atoms with Gasteiger partial charge in [-0.1, -0.05) is 6.92 Å². The molecule has 0 saturated carbocycles. The summed E-state index contributed by atoms with van der Waals surface area (Å²) in [5.41, 5.74) is 0. The Labute approximate surface area is 84.1 Å². The number of carbonyl (C=O) groups is 1. The van der Waals surface area contributed by atoms with E-state index in [2.05, 4.69) is 23.6 Å². The van der Waals surface area contributed by atoms with Crippen LogP contribution >= 0.6 is 11.8 Å². The van der Waals surface area contributed by atoms with Crippen molar-refractivity contribution >= 4 is 17.5 Å². The average molecular weight is 199 g/mol. The van der Waals surface area contributed by atoms with Gasteiger partial charge in [-0.2, -0.15) is 11.8 Å². The second kappa shape index (κ2) is 4.01. The summed E-state index contributed by atoms with van der Waals surface area (Å²) < 4.78 is 0. The van der Waals surface area contributed by atoms with Gasteiger partial charge in [0.15, 0.2) is 0 Å². The SMILES string of the molecule is CCS[C@H]1C[C@H]2CC(=O)CCN2C1. The number of ketones is 1. The van der Waals surface area contributed by atoms with Crippen LogP contribution in [0.1, 0.15) is 26.2 Å². The maximum absolute atomic E-state index is 11.2. The molecule has 0 aromatic heterocycles. The van der Waals surface area contributed by atoms with Gasteiger partial charge in [0.1, 0.15) is 5.78 Å². The summed E-state index contributed by atoms with van der Waals surface area (Å²) in [6.07, 6.45) is 2.85. The molecule has 0 radical (unpaired) electrons. The predicted octanol–water partition coefficient (Wildman–Crippen LogP) is 1.55. The molecule has 2 aliphatic rings. The molecule has 0 aliphatic carbocycles. The molecule has 0 amide bonds. The van der Waals surface area contributed by atoms with Crippen LogP contribution in [0.15, 0.2) is 0 Å². The number of hydrogen-bond acceptors (Lipinski definition) is 3. The summed E-state index contributed by atoms with van der Waals surface area (Å²) in [4.78, 5) is 13.7. The smallest absolute Gasteiger partial charge is 0.135 e. The first kappa shape index (κ1) is 9.53. The van der Waals surface area contributed by atoms with Crippen LogP contribution in [0.3, 0.4) is 0 Å². The Balaban J connectivity index is 1.90. The first-order valence-electron chi connectivity index (χ1n) is 5.17. The lowest BCUT2D eigenvalue weighted by Crippen LogP contribution is -2.38. The highest BCUT2D eigenvalue weighted by atomic mass is 32.2. The Morgan fingerprint density at radius 3 is 3.23 bits per heavy atom. The highest BCUT2D eigenvalue weighted by molar-refractivity contribution is 7.99. The number of nitrogens with zero attached hydrogens (tertiary/aromatic N) is 1. The van der Waals surface area contributed by atoms with Crippen molar-refractivity contribution in [2.45, 2.75) is 37.5 Å². The molecular weight excluding hydrogens is 182 g/mol. The largest absolute Gasteiger partial charge is 0.300 e. The number of piperidine rings is 1. The summed E-state index contributed by atoms with van der Waals surface area (Å²) in [6, 6.07) is 0.588. The summed E-state index contributed by atoms with van der Waals surface area (Å²) in [5, 5.41) is 0.792. The molecular formula is C10H17NOS. The van der Waals surface area contributed by atoms with E-state index >= 15 is 0 Å². The number of Topliss-reactive ketones (excluding diaryl/α,β-unsaturated/α-hetero) is 1. The van der Waals surface area contributed by atoms with E-state index in [9.17, 15) is 4.79 Å². The second-order valence-corrected chi connectivity index (χ2v) is 5.53. The molecule has 2 rings (SSSR count). The van der Waals surface area contributed by atoms with Gasteiger partial charge >= 0.3 is 0 Å². The van der Waals surface area contributed by atoms with Gasteiger partial charge in [-0.05, 0) is 12.2 Å². The number of carbonyl (C=O) groups excluding carboxylic acids is 1. The predicted molar refractivity (Wildman–Crippen MR) is 56.1 cm³/mol. The Morgan fingerprint density at radius 2 is 2.46 bits per heavy atom. The van der Waals surface area contributed by atoms with Crippen molar-refractivity contribution in [2.75, 3.05) is 18.8 Å². The highest BCUT2D eigenvalue weighted by Crippen LogP contribution is 2.31. The van der Waals surface area contributed by atoms with Crippen LogP contribution < -0.4 is 0 Å². The van der Waals surface area contributed by atoms with Gasteiger partial charge in [0, 0.05) is 37.2 Å². The third-order valence-corrected chi connectivity index (χ3v) is 4.18. The minimum atomic E-state index is 0.475. The molecule has 0 bridgehead atoms. The molecule has 3 heteroatoms. The van der Waals surface area contributed by atoms with Crippen molar-refractivity contribution in [3.05, 3.63) is 0 Å². The first-order valence-corrected chi connectivity index (χ1v) is 6.22. The van der Waals surface area contributed by atoms with E-state index in [0.29, 0.717) is 11.8 Å². The van der Waals surface area contributed by atoms with Crippen LogP contribution in [-0.4, -0.2) is 40.8 Å². The summed E-state index contributed by atoms with van der Waals surface area (Å²) in [6.45, 7) is 4.45. The zero-order valence-electron chi connectivity index (χ0n) is 8.16. The van der Waals surface area contributed by atoms with E-state index < -0.39 is 0 Å². The number of hydrogen-bond donors (Lipinski definition) is 0. The van der Waals surface area contributed by atoms with Crippen molar-refractivity contribution < 1.29 is 4.79 Å². The van der Waals surface area contributed by atoms with Crippen LogP contribution in [0.25, 0.3) is 0 Å². The Bertz CT molecular complexity index is 207. The lowest BCUT2D eigenvalue weighted by atomic mass is 10.0. The molecule has 2 aliphatic heterocycles. The molecule has 13 heavy (non-hydrogen) atoms. The summed E-state index contributed by atoms with van der Waals surface area (Å²) >= 11 is 2.05. The number of thioether (sulfide) groups is 1. The van der Waals surface area contributed by atoms with E-state index in [1.54, 1.807) is 0 Å². The van der Waals surface area contributed by atoms with E-state index in [4.69, 9.17) is 0 Å². The molecule has 2 heterocycles. The lowest BCUT2D eigenvalue weighted by Gasteiger charge is -2.27. The fourth-order valence-electron chi connectivity index (χ4n) is 2.41. The van der Waals surface area contributed by atoms with Gasteiger partial charge in [-0.15, -0.1) is 0 Å². The zero-order chi connectivity index (χ0) is 9.26. The van der Waals surface area contributed by atoms with Gasteiger partial charge in [-0.3, -0.25) is 9.69 Å². The third-order valence-electron chi connectivity index (χ3n) is 3.03. The molecule has 74 valence electrons. The van der Waals surface area contributed by atoms with E-state index in [1.807, 2.05) is 0 Å². The van der Waals surface area contributed by atoms with E-state index in [0.717, 1.165) is 24.6 Å². The van der Waals surface area contributed by atoms with Gasteiger partial charge in [-0.25, -0.2) is 0 Å². The molecule has 0 spiro atoms. The number of rotatable bonds is 2. The lowest BCUT2D eigenvalue weighted by molar-refractivity contribution is -0.122. The standard InChI is InChI=1S/C10H17NOS/c1-2-13-10-6-8-5-9(12)3-4-11(8)7-10/h8,10H,2-7H2,1H3/t8-,10+/m1/s1. The van der Waals surface area contributed by atoms with E-state index in [1.165, 1.54) is 18.7 Å².